The maximum Gasteiger partial charge on any atom is 0.317 e. The number of anilines is 1. The third-order valence-corrected chi connectivity index (χ3v) is 3.54. The van der Waals surface area contributed by atoms with Crippen LogP contribution in [0.5, 0.6) is 0 Å². The zero-order valence-electron chi connectivity index (χ0n) is 15.4. The van der Waals surface area contributed by atoms with Gasteiger partial charge in [0, 0.05) is 5.69 Å². The van der Waals surface area contributed by atoms with Gasteiger partial charge in [-0.1, -0.05) is 0 Å². The molecule has 0 unspecified atom stereocenters. The molecule has 150 valence electrons. The van der Waals surface area contributed by atoms with Gasteiger partial charge < -0.3 is 17.2 Å². The molecule has 1 heterocycles. The Morgan fingerprint density at radius 2 is 1.45 bits per heavy atom. The standard InChI is InChI=1S/C17H18N10O.ClH/c1-10-15(24-22-13-8-6-12(7-9-13)21-17(19)20)16(28)27(25-10)26-23-14-4-2-11(18)3-5-14;/h2-9,25H,18H2,1H3,(H4,19,20,21);1H. The van der Waals surface area contributed by atoms with Gasteiger partial charge >= 0.3 is 5.56 Å². The van der Waals surface area contributed by atoms with Crippen LogP contribution in [0.1, 0.15) is 5.69 Å². The number of aromatic nitrogens is 2. The van der Waals surface area contributed by atoms with Crippen LogP contribution in [-0.4, -0.2) is 15.8 Å². The summed E-state index contributed by atoms with van der Waals surface area (Å²) in [7, 11) is 0. The maximum atomic E-state index is 12.4. The van der Waals surface area contributed by atoms with E-state index >= 15 is 0 Å². The molecule has 0 fully saturated rings. The van der Waals surface area contributed by atoms with E-state index in [0.29, 0.717) is 28.4 Å². The van der Waals surface area contributed by atoms with E-state index < -0.39 is 5.56 Å². The van der Waals surface area contributed by atoms with Crippen LogP contribution in [0.2, 0.25) is 0 Å². The number of H-pyrrole nitrogens is 1. The van der Waals surface area contributed by atoms with Crippen LogP contribution < -0.4 is 22.8 Å². The predicted molar refractivity (Wildman–Crippen MR) is 114 cm³/mol. The first kappa shape index (κ1) is 21.3. The Kier molecular flexibility index (Phi) is 6.82. The number of guanidine groups is 1. The van der Waals surface area contributed by atoms with E-state index in [1.165, 1.54) is 0 Å². The van der Waals surface area contributed by atoms with E-state index in [1.54, 1.807) is 55.5 Å². The Bertz CT molecular complexity index is 1110. The first-order valence-electron chi connectivity index (χ1n) is 8.13. The number of halogens is 1. The van der Waals surface area contributed by atoms with Crippen molar-refractivity contribution in [3.63, 3.8) is 0 Å². The van der Waals surface area contributed by atoms with Crippen molar-refractivity contribution in [3.8, 4) is 0 Å². The second-order valence-corrected chi connectivity index (χ2v) is 5.74. The molecule has 1 aromatic heterocycles. The molecular weight excluding hydrogens is 396 g/mol. The smallest absolute Gasteiger partial charge is 0.317 e. The molecule has 0 spiro atoms. The van der Waals surface area contributed by atoms with Gasteiger partial charge in [-0.05, 0) is 60.7 Å². The number of aliphatic imine (C=N–C) groups is 1. The fourth-order valence-corrected chi connectivity index (χ4v) is 2.19. The number of hydrogen-bond acceptors (Lipinski definition) is 7. The highest BCUT2D eigenvalue weighted by molar-refractivity contribution is 5.85. The highest BCUT2D eigenvalue weighted by atomic mass is 35.5. The van der Waals surface area contributed by atoms with Crippen molar-refractivity contribution in [2.45, 2.75) is 6.92 Å². The molecule has 11 nitrogen and oxygen atoms in total. The number of aryl methyl sites for hydroxylation is 1. The summed E-state index contributed by atoms with van der Waals surface area (Å²) in [5.41, 5.74) is 18.7. The second kappa shape index (κ2) is 9.28. The highest BCUT2D eigenvalue weighted by Crippen LogP contribution is 2.21. The number of azo groups is 1. The lowest BCUT2D eigenvalue weighted by molar-refractivity contribution is 0.663. The van der Waals surface area contributed by atoms with E-state index in [9.17, 15) is 4.79 Å². The Morgan fingerprint density at radius 1 is 0.897 bits per heavy atom. The largest absolute Gasteiger partial charge is 0.399 e. The fraction of sp³-hybridized carbons (Fsp3) is 0.0588. The number of nitrogens with zero attached hydrogens (tertiary/aromatic N) is 6. The molecule has 3 rings (SSSR count). The number of nitrogens with one attached hydrogen (secondary N) is 1. The van der Waals surface area contributed by atoms with Crippen molar-refractivity contribution in [1.82, 2.24) is 9.89 Å². The summed E-state index contributed by atoms with van der Waals surface area (Å²) in [4.78, 5) is 17.3. The summed E-state index contributed by atoms with van der Waals surface area (Å²) in [6, 6.07) is 13.5. The Balaban J connectivity index is 0.00000300. The molecule has 0 amide bonds. The van der Waals surface area contributed by atoms with E-state index in [1.807, 2.05) is 0 Å². The lowest BCUT2D eigenvalue weighted by Gasteiger charge is -1.95. The van der Waals surface area contributed by atoms with Crippen molar-refractivity contribution in [1.29, 1.82) is 0 Å². The Labute approximate surface area is 171 Å². The molecule has 3 aromatic rings. The van der Waals surface area contributed by atoms with Gasteiger partial charge in [0.2, 0.25) is 0 Å². The summed E-state index contributed by atoms with van der Waals surface area (Å²) in [6.45, 7) is 1.69. The van der Waals surface area contributed by atoms with Gasteiger partial charge in [-0.3, -0.25) is 9.89 Å². The van der Waals surface area contributed by atoms with E-state index in [0.717, 1.165) is 4.79 Å². The molecule has 2 aromatic carbocycles. The normalized spacial score (nSPS) is 10.9. The van der Waals surface area contributed by atoms with Crippen LogP contribution in [0.25, 0.3) is 0 Å². The summed E-state index contributed by atoms with van der Waals surface area (Å²) < 4.78 is 0. The summed E-state index contributed by atoms with van der Waals surface area (Å²) in [6.07, 6.45) is 0. The van der Waals surface area contributed by atoms with E-state index in [-0.39, 0.29) is 24.1 Å². The van der Waals surface area contributed by atoms with Crippen LogP contribution >= 0.6 is 12.4 Å². The Morgan fingerprint density at radius 3 is 2.07 bits per heavy atom. The van der Waals surface area contributed by atoms with Crippen molar-refractivity contribution in [3.05, 3.63) is 64.6 Å². The molecule has 0 bridgehead atoms. The molecule has 0 aliphatic carbocycles. The topological polar surface area (TPSA) is 178 Å². The van der Waals surface area contributed by atoms with Gasteiger partial charge in [-0.25, -0.2) is 4.99 Å². The maximum absolute atomic E-state index is 12.4. The van der Waals surface area contributed by atoms with Gasteiger partial charge in [0.1, 0.15) is 0 Å². The average Bonchev–Trinajstić information content (AvgIpc) is 2.93. The molecule has 0 radical (unpaired) electrons. The monoisotopic (exact) mass is 414 g/mol. The number of benzene rings is 2. The van der Waals surface area contributed by atoms with E-state index in [4.69, 9.17) is 17.2 Å². The van der Waals surface area contributed by atoms with Crippen molar-refractivity contribution < 1.29 is 0 Å². The molecule has 0 aliphatic rings. The highest BCUT2D eigenvalue weighted by Gasteiger charge is 2.10. The zero-order valence-corrected chi connectivity index (χ0v) is 16.2. The third kappa shape index (κ3) is 5.49. The van der Waals surface area contributed by atoms with Crippen molar-refractivity contribution in [2.24, 2.45) is 37.0 Å². The number of aromatic amines is 1. The molecule has 12 heteroatoms. The van der Waals surface area contributed by atoms with Gasteiger partial charge in [0.05, 0.1) is 22.8 Å². The minimum absolute atomic E-state index is 0. The van der Waals surface area contributed by atoms with Crippen LogP contribution in [0.15, 0.2) is 78.9 Å². The summed E-state index contributed by atoms with van der Waals surface area (Å²) in [5, 5.41) is 18.7. The van der Waals surface area contributed by atoms with Gasteiger partial charge in [0.15, 0.2) is 11.6 Å². The molecular formula is C17H19ClN10O. The molecule has 29 heavy (non-hydrogen) atoms. The number of hydrogen-bond donors (Lipinski definition) is 4. The van der Waals surface area contributed by atoms with Gasteiger partial charge in [-0.2, -0.15) is 5.11 Å². The first-order chi connectivity index (χ1) is 13.4. The average molecular weight is 415 g/mol. The van der Waals surface area contributed by atoms with Crippen molar-refractivity contribution in [2.75, 3.05) is 5.73 Å². The fourth-order valence-electron chi connectivity index (χ4n) is 2.19. The zero-order chi connectivity index (χ0) is 20.1. The van der Waals surface area contributed by atoms with Gasteiger partial charge in [0.25, 0.3) is 0 Å². The second-order valence-electron chi connectivity index (χ2n) is 5.74. The molecule has 0 atom stereocenters. The number of rotatable bonds is 5. The molecule has 7 N–H and O–H groups in total. The minimum Gasteiger partial charge on any atom is -0.399 e. The SMILES string of the molecule is Cc1[nH]n(N=Nc2ccc(N)cc2)c(=O)c1N=Nc1ccc(N=C(N)N)cc1.Cl. The number of nitrogens with two attached hydrogens (primary N) is 3. The molecule has 0 saturated carbocycles. The summed E-state index contributed by atoms with van der Waals surface area (Å²) >= 11 is 0. The van der Waals surface area contributed by atoms with Crippen LogP contribution in [0, 0.1) is 6.92 Å². The lowest BCUT2D eigenvalue weighted by atomic mass is 10.3. The predicted octanol–water partition coefficient (Wildman–Crippen LogP) is 3.36. The van der Waals surface area contributed by atoms with Crippen LogP contribution in [-0.2, 0) is 0 Å². The lowest BCUT2D eigenvalue weighted by Crippen LogP contribution is -2.21. The third-order valence-electron chi connectivity index (χ3n) is 3.54. The molecule has 0 saturated heterocycles. The summed E-state index contributed by atoms with van der Waals surface area (Å²) in [5.74, 6) is -0.0361. The number of nitrogen functional groups attached to an aromatic ring is 1. The quantitative estimate of drug-likeness (QED) is 0.216. The van der Waals surface area contributed by atoms with Crippen LogP contribution in [0.4, 0.5) is 28.4 Å². The Hall–Kier alpha value is -3.99. The van der Waals surface area contributed by atoms with Crippen LogP contribution in [0.3, 0.4) is 0 Å². The molecule has 0 aliphatic heterocycles. The van der Waals surface area contributed by atoms with Crippen molar-refractivity contribution >= 4 is 46.8 Å². The van der Waals surface area contributed by atoms with Gasteiger partial charge in [-0.15, -0.1) is 27.4 Å². The van der Waals surface area contributed by atoms with E-state index in [2.05, 4.69) is 30.7 Å². The minimum atomic E-state index is -0.474. The first-order valence-corrected chi connectivity index (χ1v) is 8.13.